The number of furan rings is 1. The third-order valence-corrected chi connectivity index (χ3v) is 7.85. The molecule has 1 amide bonds. The minimum Gasteiger partial charge on any atom is -0.502 e. The average Bonchev–Trinajstić information content (AvgIpc) is 3.37. The number of carbonyl (C=O) groups excluding carboxylic acids is 1. The van der Waals surface area contributed by atoms with Gasteiger partial charge in [-0.2, -0.15) is 0 Å². The molecule has 6 nitrogen and oxygen atoms in total. The quantitative estimate of drug-likeness (QED) is 0.545. The Morgan fingerprint density at radius 3 is 2.32 bits per heavy atom. The molecule has 0 saturated carbocycles. The number of aliphatic hydroxyl groups excluding tert-OH is 1. The van der Waals surface area contributed by atoms with E-state index in [-0.39, 0.29) is 16.3 Å². The number of benzene rings is 2. The molecule has 1 aliphatic rings. The van der Waals surface area contributed by atoms with Gasteiger partial charge in [0.2, 0.25) is 9.84 Å². The minimum atomic E-state index is -4.13. The van der Waals surface area contributed by atoms with Gasteiger partial charge in [-0.15, -0.1) is 11.8 Å². The Kier molecular flexibility index (Phi) is 5.68. The molecule has 1 atom stereocenters. The summed E-state index contributed by atoms with van der Waals surface area (Å²) < 4.78 is 32.4. The van der Waals surface area contributed by atoms with Crippen LogP contribution in [-0.4, -0.2) is 30.6 Å². The number of hydrogen-bond donors (Lipinski definition) is 1. The maximum atomic E-state index is 13.5. The summed E-state index contributed by atoms with van der Waals surface area (Å²) in [5, 5.41) is 10.7. The first-order valence-electron chi connectivity index (χ1n) is 9.55. The van der Waals surface area contributed by atoms with Crippen LogP contribution in [0.5, 0.6) is 0 Å². The van der Waals surface area contributed by atoms with Gasteiger partial charge in [-0.3, -0.25) is 4.79 Å². The van der Waals surface area contributed by atoms with Crippen molar-refractivity contribution in [3.63, 3.8) is 0 Å². The first kappa shape index (κ1) is 21.3. The molecular formula is C23H21NO5S2. The molecule has 160 valence electrons. The minimum absolute atomic E-state index is 0.0256. The molecule has 1 N–H and O–H groups in total. The van der Waals surface area contributed by atoms with Gasteiger partial charge in [0, 0.05) is 4.90 Å². The standard InChI is InChI=1S/C23H21NO5S2/c1-15-5-11-19(12-6-15)31(27,28)22-20(16-7-9-18(30-2)10-8-16)24(23(26)21(22)25)14-17-4-3-13-29-17/h3-13,20,25H,14H2,1-2H3/t20-/m0/s1. The van der Waals surface area contributed by atoms with Crippen molar-refractivity contribution >= 4 is 27.5 Å². The number of aliphatic hydroxyl groups is 1. The van der Waals surface area contributed by atoms with Crippen LogP contribution in [0.2, 0.25) is 0 Å². The van der Waals surface area contributed by atoms with Crippen LogP contribution in [0.25, 0.3) is 0 Å². The van der Waals surface area contributed by atoms with E-state index in [1.54, 1.807) is 48.2 Å². The third kappa shape index (κ3) is 3.88. The SMILES string of the molecule is CSc1ccc([C@H]2C(S(=O)(=O)c3ccc(C)cc3)=C(O)C(=O)N2Cc2ccco2)cc1. The summed E-state index contributed by atoms with van der Waals surface area (Å²) in [6, 6.07) is 16.0. The second-order valence-corrected chi connectivity index (χ2v) is 10.0. The van der Waals surface area contributed by atoms with Gasteiger partial charge in [0.25, 0.3) is 5.91 Å². The highest BCUT2D eigenvalue weighted by Crippen LogP contribution is 2.43. The topological polar surface area (TPSA) is 87.8 Å². The van der Waals surface area contributed by atoms with E-state index in [2.05, 4.69) is 0 Å². The van der Waals surface area contributed by atoms with Crippen molar-refractivity contribution < 1.29 is 22.7 Å². The third-order valence-electron chi connectivity index (χ3n) is 5.22. The molecule has 2 aromatic carbocycles. The van der Waals surface area contributed by atoms with E-state index in [1.165, 1.54) is 23.3 Å². The number of amides is 1. The molecule has 3 aromatic rings. The Labute approximate surface area is 185 Å². The smallest absolute Gasteiger partial charge is 0.291 e. The highest BCUT2D eigenvalue weighted by molar-refractivity contribution is 7.98. The summed E-state index contributed by atoms with van der Waals surface area (Å²) in [7, 11) is -4.13. The Morgan fingerprint density at radius 1 is 1.06 bits per heavy atom. The molecule has 0 saturated heterocycles. The van der Waals surface area contributed by atoms with Crippen molar-refractivity contribution in [2.24, 2.45) is 0 Å². The fraction of sp³-hybridized carbons (Fsp3) is 0.174. The van der Waals surface area contributed by atoms with Crippen LogP contribution < -0.4 is 0 Å². The summed E-state index contributed by atoms with van der Waals surface area (Å²) in [6.45, 7) is 1.88. The molecule has 8 heteroatoms. The van der Waals surface area contributed by atoms with Crippen LogP contribution >= 0.6 is 11.8 Å². The van der Waals surface area contributed by atoms with Gasteiger partial charge in [0.1, 0.15) is 10.7 Å². The molecule has 0 unspecified atom stereocenters. The van der Waals surface area contributed by atoms with Crippen molar-refractivity contribution in [2.45, 2.75) is 29.3 Å². The molecule has 2 heterocycles. The zero-order valence-corrected chi connectivity index (χ0v) is 18.6. The Hall–Kier alpha value is -2.97. The number of thioether (sulfide) groups is 1. The van der Waals surface area contributed by atoms with Crippen molar-refractivity contribution in [3.05, 3.63) is 94.5 Å². The van der Waals surface area contributed by atoms with Gasteiger partial charge >= 0.3 is 0 Å². The number of nitrogens with zero attached hydrogens (tertiary/aromatic N) is 1. The van der Waals surface area contributed by atoms with Crippen LogP contribution in [0.15, 0.2) is 91.8 Å². The summed E-state index contributed by atoms with van der Waals surface area (Å²) in [6.07, 6.45) is 3.42. The van der Waals surface area contributed by atoms with Crippen LogP contribution in [-0.2, 0) is 21.2 Å². The zero-order valence-electron chi connectivity index (χ0n) is 17.0. The van der Waals surface area contributed by atoms with Crippen LogP contribution in [0, 0.1) is 6.92 Å². The molecule has 0 fully saturated rings. The van der Waals surface area contributed by atoms with E-state index in [1.807, 2.05) is 25.3 Å². The van der Waals surface area contributed by atoms with Crippen molar-refractivity contribution in [1.29, 1.82) is 0 Å². The highest BCUT2D eigenvalue weighted by Gasteiger charge is 2.47. The number of hydrogen-bond acceptors (Lipinski definition) is 6. The normalized spacial score (nSPS) is 16.9. The molecule has 0 radical (unpaired) electrons. The molecule has 0 spiro atoms. The van der Waals surface area contributed by atoms with Crippen molar-refractivity contribution in [1.82, 2.24) is 4.90 Å². The second kappa shape index (κ2) is 8.28. The van der Waals surface area contributed by atoms with Crippen LogP contribution in [0.3, 0.4) is 0 Å². The van der Waals surface area contributed by atoms with E-state index in [4.69, 9.17) is 4.42 Å². The van der Waals surface area contributed by atoms with Gasteiger partial charge in [-0.25, -0.2) is 8.42 Å². The monoisotopic (exact) mass is 455 g/mol. The first-order chi connectivity index (χ1) is 14.8. The lowest BCUT2D eigenvalue weighted by molar-refractivity contribution is -0.130. The Balaban J connectivity index is 1.85. The number of sulfone groups is 1. The van der Waals surface area contributed by atoms with E-state index < -0.39 is 27.5 Å². The van der Waals surface area contributed by atoms with Gasteiger partial charge in [-0.1, -0.05) is 29.8 Å². The van der Waals surface area contributed by atoms with Gasteiger partial charge in [-0.05, 0) is 55.1 Å². The first-order valence-corrected chi connectivity index (χ1v) is 12.3. The fourth-order valence-electron chi connectivity index (χ4n) is 3.60. The fourth-order valence-corrected chi connectivity index (χ4v) is 5.66. The maximum Gasteiger partial charge on any atom is 0.291 e. The van der Waals surface area contributed by atoms with Gasteiger partial charge < -0.3 is 14.4 Å². The lowest BCUT2D eigenvalue weighted by atomic mass is 10.1. The van der Waals surface area contributed by atoms with Crippen molar-refractivity contribution in [2.75, 3.05) is 6.26 Å². The molecular weight excluding hydrogens is 434 g/mol. The number of carbonyl (C=O) groups is 1. The number of rotatable bonds is 6. The summed E-state index contributed by atoms with van der Waals surface area (Å²) in [5.74, 6) is -1.02. The van der Waals surface area contributed by atoms with Crippen LogP contribution in [0.1, 0.15) is 22.9 Å². The maximum absolute atomic E-state index is 13.5. The molecule has 4 rings (SSSR count). The molecule has 1 aromatic heterocycles. The second-order valence-electron chi connectivity index (χ2n) is 7.22. The van der Waals surface area contributed by atoms with E-state index >= 15 is 0 Å². The molecule has 0 aliphatic carbocycles. The highest BCUT2D eigenvalue weighted by atomic mass is 32.2. The largest absolute Gasteiger partial charge is 0.502 e. The Morgan fingerprint density at radius 2 is 1.74 bits per heavy atom. The predicted octanol–water partition coefficient (Wildman–Crippen LogP) is 4.64. The lowest BCUT2D eigenvalue weighted by Crippen LogP contribution is -2.30. The van der Waals surface area contributed by atoms with Crippen LogP contribution in [0.4, 0.5) is 0 Å². The number of aryl methyl sites for hydroxylation is 1. The van der Waals surface area contributed by atoms with Crippen molar-refractivity contribution in [3.8, 4) is 0 Å². The summed E-state index contributed by atoms with van der Waals surface area (Å²) >= 11 is 1.56. The van der Waals surface area contributed by atoms with E-state index in [9.17, 15) is 18.3 Å². The average molecular weight is 456 g/mol. The van der Waals surface area contributed by atoms with Gasteiger partial charge in [0.05, 0.1) is 23.7 Å². The predicted molar refractivity (Wildman–Crippen MR) is 118 cm³/mol. The lowest BCUT2D eigenvalue weighted by Gasteiger charge is -2.26. The van der Waals surface area contributed by atoms with E-state index in [0.29, 0.717) is 11.3 Å². The molecule has 0 bridgehead atoms. The Bertz CT molecular complexity index is 1230. The summed E-state index contributed by atoms with van der Waals surface area (Å²) in [5.41, 5.74) is 1.50. The summed E-state index contributed by atoms with van der Waals surface area (Å²) in [4.78, 5) is 15.0. The zero-order chi connectivity index (χ0) is 22.2. The molecule has 1 aliphatic heterocycles. The van der Waals surface area contributed by atoms with E-state index in [0.717, 1.165) is 10.5 Å². The molecule has 31 heavy (non-hydrogen) atoms. The van der Waals surface area contributed by atoms with Gasteiger partial charge in [0.15, 0.2) is 5.76 Å².